The van der Waals surface area contributed by atoms with E-state index >= 15 is 0 Å². The van der Waals surface area contributed by atoms with Crippen molar-refractivity contribution in [2.75, 3.05) is 20.8 Å². The summed E-state index contributed by atoms with van der Waals surface area (Å²) in [6.07, 6.45) is 0. The number of sulfonamides is 2. The highest BCUT2D eigenvalue weighted by molar-refractivity contribution is 7.90. The first-order valence-electron chi connectivity index (χ1n) is 8.19. The number of hydrogen-bond acceptors (Lipinski definition) is 6. The molecule has 0 spiro atoms. The van der Waals surface area contributed by atoms with Crippen LogP contribution < -0.4 is 18.9 Å². The van der Waals surface area contributed by atoms with Gasteiger partial charge in [0.05, 0.1) is 14.2 Å². The van der Waals surface area contributed by atoms with Gasteiger partial charge in [0.1, 0.15) is 21.3 Å². The Hall–Kier alpha value is -1.56. The Morgan fingerprint density at radius 1 is 0.862 bits per heavy atom. The van der Waals surface area contributed by atoms with Crippen LogP contribution in [0.5, 0.6) is 11.5 Å². The normalized spacial score (nSPS) is 13.1. The lowest BCUT2D eigenvalue weighted by molar-refractivity contribution is 0.401. The molecule has 0 radical (unpaired) electrons. The zero-order valence-corrected chi connectivity index (χ0v) is 18.9. The first kappa shape index (κ1) is 23.7. The summed E-state index contributed by atoms with van der Waals surface area (Å²) in [5, 5.41) is 0.431. The molecule has 0 heterocycles. The van der Waals surface area contributed by atoms with Gasteiger partial charge in [0.2, 0.25) is 20.0 Å². The summed E-state index contributed by atoms with van der Waals surface area (Å²) in [6.45, 7) is 1.28. The predicted molar refractivity (Wildman–Crippen MR) is 111 cm³/mol. The molecule has 0 fully saturated rings. The number of halogens is 2. The van der Waals surface area contributed by atoms with Gasteiger partial charge in [-0.15, -0.1) is 0 Å². The van der Waals surface area contributed by atoms with Gasteiger partial charge in [-0.3, -0.25) is 0 Å². The van der Waals surface area contributed by atoms with Crippen LogP contribution in [0.3, 0.4) is 0 Å². The molecule has 2 N–H and O–H groups in total. The standard InChI is InChI=1S/C17H20Cl2N2O6S2/c1-11(21-29(24,25)17-9-13(19)5-7-15(17)27-3)10-20-28(22,23)16-8-12(18)4-6-14(16)26-2/h4-9,11,20-21H,10H2,1-3H3/t11-/m1/s1. The molecule has 0 bridgehead atoms. The first-order valence-corrected chi connectivity index (χ1v) is 11.9. The van der Waals surface area contributed by atoms with Crippen molar-refractivity contribution in [1.29, 1.82) is 0 Å². The third-order valence-electron chi connectivity index (χ3n) is 3.77. The third kappa shape index (κ3) is 5.97. The second-order valence-electron chi connectivity index (χ2n) is 5.96. The molecular formula is C17H20Cl2N2O6S2. The molecule has 2 rings (SSSR count). The molecule has 0 aliphatic rings. The van der Waals surface area contributed by atoms with Crippen molar-refractivity contribution in [3.63, 3.8) is 0 Å². The molecule has 0 aliphatic heterocycles. The zero-order valence-electron chi connectivity index (χ0n) is 15.8. The maximum absolute atomic E-state index is 12.6. The molecule has 0 unspecified atom stereocenters. The molecule has 2 aromatic carbocycles. The monoisotopic (exact) mass is 482 g/mol. The van der Waals surface area contributed by atoms with Crippen molar-refractivity contribution in [2.45, 2.75) is 22.8 Å². The van der Waals surface area contributed by atoms with Gasteiger partial charge >= 0.3 is 0 Å². The fraction of sp³-hybridized carbons (Fsp3) is 0.294. The van der Waals surface area contributed by atoms with Crippen molar-refractivity contribution >= 4 is 43.2 Å². The van der Waals surface area contributed by atoms with Crippen molar-refractivity contribution < 1.29 is 26.3 Å². The molecule has 0 saturated heterocycles. The molecule has 0 saturated carbocycles. The zero-order chi connectivity index (χ0) is 21.8. The number of rotatable bonds is 9. The van der Waals surface area contributed by atoms with Gasteiger partial charge < -0.3 is 9.47 Å². The van der Waals surface area contributed by atoms with Gasteiger partial charge in [0.25, 0.3) is 0 Å². The van der Waals surface area contributed by atoms with E-state index in [9.17, 15) is 16.8 Å². The molecule has 0 amide bonds. The van der Waals surface area contributed by atoms with E-state index in [1.807, 2.05) is 0 Å². The summed E-state index contributed by atoms with van der Waals surface area (Å²) >= 11 is 11.8. The second kappa shape index (κ2) is 9.50. The summed E-state index contributed by atoms with van der Waals surface area (Å²) < 4.78 is 65.3. The Balaban J connectivity index is 2.16. The minimum absolute atomic E-state index is 0.110. The summed E-state index contributed by atoms with van der Waals surface area (Å²) in [5.41, 5.74) is 0. The van der Waals surface area contributed by atoms with Gasteiger partial charge in [-0.2, -0.15) is 0 Å². The fourth-order valence-corrected chi connectivity index (χ4v) is 5.64. The van der Waals surface area contributed by atoms with Gasteiger partial charge in [-0.25, -0.2) is 26.3 Å². The van der Waals surface area contributed by atoms with E-state index in [1.54, 1.807) is 0 Å². The lowest BCUT2D eigenvalue weighted by Crippen LogP contribution is -2.41. The highest BCUT2D eigenvalue weighted by Crippen LogP contribution is 2.28. The van der Waals surface area contributed by atoms with Crippen LogP contribution in [0.25, 0.3) is 0 Å². The topological polar surface area (TPSA) is 111 Å². The van der Waals surface area contributed by atoms with E-state index in [1.165, 1.54) is 57.5 Å². The van der Waals surface area contributed by atoms with Crippen molar-refractivity contribution in [3.8, 4) is 11.5 Å². The average molecular weight is 483 g/mol. The second-order valence-corrected chi connectivity index (χ2v) is 10.3. The molecule has 0 aliphatic carbocycles. The van der Waals surface area contributed by atoms with Crippen LogP contribution in [-0.2, 0) is 20.0 Å². The van der Waals surface area contributed by atoms with Crippen LogP contribution in [0.2, 0.25) is 10.0 Å². The Morgan fingerprint density at radius 2 is 1.31 bits per heavy atom. The van der Waals surface area contributed by atoms with Crippen molar-refractivity contribution in [3.05, 3.63) is 46.4 Å². The van der Waals surface area contributed by atoms with Crippen molar-refractivity contribution in [2.24, 2.45) is 0 Å². The Kier molecular flexibility index (Phi) is 7.77. The Bertz CT molecular complexity index is 1090. The minimum Gasteiger partial charge on any atom is -0.495 e. The van der Waals surface area contributed by atoms with E-state index in [0.29, 0.717) is 0 Å². The number of hydrogen-bond donors (Lipinski definition) is 2. The van der Waals surface area contributed by atoms with E-state index in [-0.39, 0.29) is 37.9 Å². The van der Waals surface area contributed by atoms with Crippen LogP contribution in [0.4, 0.5) is 0 Å². The number of methoxy groups -OCH3 is 2. The minimum atomic E-state index is -4.02. The SMILES string of the molecule is COc1ccc(Cl)cc1S(=O)(=O)NC[C@@H](C)NS(=O)(=O)c1cc(Cl)ccc1OC. The van der Waals surface area contributed by atoms with Crippen LogP contribution in [0, 0.1) is 0 Å². The molecule has 160 valence electrons. The lowest BCUT2D eigenvalue weighted by Gasteiger charge is -2.17. The van der Waals surface area contributed by atoms with Crippen LogP contribution in [-0.4, -0.2) is 43.6 Å². The van der Waals surface area contributed by atoms with Gasteiger partial charge in [-0.1, -0.05) is 23.2 Å². The van der Waals surface area contributed by atoms with Crippen molar-refractivity contribution in [1.82, 2.24) is 9.44 Å². The molecular weight excluding hydrogens is 463 g/mol. The summed E-state index contributed by atoms with van der Waals surface area (Å²) in [5.74, 6) is 0.220. The van der Waals surface area contributed by atoms with E-state index < -0.39 is 26.1 Å². The van der Waals surface area contributed by atoms with E-state index in [2.05, 4.69) is 9.44 Å². The smallest absolute Gasteiger partial charge is 0.244 e. The summed E-state index contributed by atoms with van der Waals surface area (Å²) in [4.78, 5) is -0.308. The number of ether oxygens (including phenoxy) is 2. The summed E-state index contributed by atoms with van der Waals surface area (Å²) in [7, 11) is -5.35. The van der Waals surface area contributed by atoms with Crippen LogP contribution in [0.15, 0.2) is 46.2 Å². The maximum atomic E-state index is 12.6. The van der Waals surface area contributed by atoms with Gasteiger partial charge in [0, 0.05) is 22.6 Å². The van der Waals surface area contributed by atoms with Gasteiger partial charge in [0.15, 0.2) is 0 Å². The highest BCUT2D eigenvalue weighted by atomic mass is 35.5. The molecule has 12 heteroatoms. The van der Waals surface area contributed by atoms with Crippen LogP contribution >= 0.6 is 23.2 Å². The Morgan fingerprint density at radius 3 is 1.76 bits per heavy atom. The number of nitrogens with one attached hydrogen (secondary N) is 2. The fourth-order valence-electron chi connectivity index (χ4n) is 2.40. The van der Waals surface area contributed by atoms with Crippen LogP contribution in [0.1, 0.15) is 6.92 Å². The molecule has 0 aromatic heterocycles. The molecule has 2 aromatic rings. The number of benzene rings is 2. The quantitative estimate of drug-likeness (QED) is 0.568. The average Bonchev–Trinajstić information content (AvgIpc) is 2.66. The molecule has 1 atom stereocenters. The molecule has 29 heavy (non-hydrogen) atoms. The summed E-state index contributed by atoms with van der Waals surface area (Å²) in [6, 6.07) is 7.54. The maximum Gasteiger partial charge on any atom is 0.244 e. The third-order valence-corrected chi connectivity index (χ3v) is 7.29. The first-order chi connectivity index (χ1) is 13.5. The molecule has 8 nitrogen and oxygen atoms in total. The Labute approximate surface area is 180 Å². The largest absolute Gasteiger partial charge is 0.495 e. The lowest BCUT2D eigenvalue weighted by atomic mass is 10.3. The predicted octanol–water partition coefficient (Wildman–Crippen LogP) is 2.66. The van der Waals surface area contributed by atoms with E-state index in [0.717, 1.165) is 0 Å². The van der Waals surface area contributed by atoms with Gasteiger partial charge in [-0.05, 0) is 43.3 Å². The van der Waals surface area contributed by atoms with E-state index in [4.69, 9.17) is 32.7 Å². The highest BCUT2D eigenvalue weighted by Gasteiger charge is 2.25.